The van der Waals surface area contributed by atoms with E-state index in [4.69, 9.17) is 26.9 Å². The molecule has 0 aliphatic rings. The molecule has 0 radical (unpaired) electrons. The Morgan fingerprint density at radius 2 is 1.60 bits per heavy atom. The van der Waals surface area contributed by atoms with Gasteiger partial charge in [-0.3, -0.25) is 0 Å². The highest BCUT2D eigenvalue weighted by molar-refractivity contribution is 4.73. The van der Waals surface area contributed by atoms with Crippen molar-refractivity contribution in [1.82, 2.24) is 0 Å². The molecule has 5 N–H and O–H groups in total. The maximum atomic E-state index is 8.82. The molecular formula is C5H12O5. The van der Waals surface area contributed by atoms with E-state index in [2.05, 4.69) is 0 Å². The minimum Gasteiger partial charge on any atom is -0.394 e. The van der Waals surface area contributed by atoms with Crippen molar-refractivity contribution < 1.29 is 26.9 Å². The summed E-state index contributed by atoms with van der Waals surface area (Å²) in [6.07, 6.45) is -5.00. The van der Waals surface area contributed by atoms with E-state index in [0.29, 0.717) is 0 Å². The SMILES string of the molecule is [2H]C(O)C(O)C(O)C(O)CO. The Bertz CT molecular complexity index is 109. The van der Waals surface area contributed by atoms with Gasteiger partial charge >= 0.3 is 0 Å². The van der Waals surface area contributed by atoms with E-state index in [1.54, 1.807) is 0 Å². The second-order valence-electron chi connectivity index (χ2n) is 1.88. The molecule has 4 atom stereocenters. The van der Waals surface area contributed by atoms with E-state index >= 15 is 0 Å². The Balaban J connectivity index is 3.90. The highest BCUT2D eigenvalue weighted by Crippen LogP contribution is 1.97. The molecule has 5 heteroatoms. The van der Waals surface area contributed by atoms with Crippen LogP contribution in [0.5, 0.6) is 0 Å². The fourth-order valence-electron chi connectivity index (χ4n) is 0.424. The topological polar surface area (TPSA) is 101 Å². The maximum absolute atomic E-state index is 8.82. The molecule has 0 aromatic heterocycles. The normalized spacial score (nSPS) is 24.7. The van der Waals surface area contributed by atoms with Crippen LogP contribution in [0.2, 0.25) is 0 Å². The van der Waals surface area contributed by atoms with Gasteiger partial charge in [-0.25, -0.2) is 0 Å². The van der Waals surface area contributed by atoms with Crippen LogP contribution in [0.4, 0.5) is 0 Å². The Hall–Kier alpha value is -0.200. The predicted octanol–water partition coefficient (Wildman–Crippen LogP) is -2.95. The van der Waals surface area contributed by atoms with E-state index in [-0.39, 0.29) is 0 Å². The first-order valence-corrected chi connectivity index (χ1v) is 2.76. The molecule has 0 saturated carbocycles. The third-order valence-electron chi connectivity index (χ3n) is 1.08. The molecule has 5 nitrogen and oxygen atoms in total. The van der Waals surface area contributed by atoms with Crippen molar-refractivity contribution in [3.8, 4) is 0 Å². The van der Waals surface area contributed by atoms with Gasteiger partial charge in [-0.15, -0.1) is 0 Å². The lowest BCUT2D eigenvalue weighted by Gasteiger charge is -2.19. The standard InChI is InChI=1S/C5H12O5/c6-1-3(8)5(10)4(9)2-7/h3-10H,1-2H2/i1D. The van der Waals surface area contributed by atoms with Crippen molar-refractivity contribution in [3.63, 3.8) is 0 Å². The third kappa shape index (κ3) is 2.59. The van der Waals surface area contributed by atoms with Crippen molar-refractivity contribution in [2.45, 2.75) is 18.3 Å². The summed E-state index contributed by atoms with van der Waals surface area (Å²) in [7, 11) is 0. The molecule has 4 unspecified atom stereocenters. The van der Waals surface area contributed by atoms with Gasteiger partial charge < -0.3 is 25.5 Å². The lowest BCUT2D eigenvalue weighted by Crippen LogP contribution is -2.41. The number of rotatable bonds is 4. The molecular weight excluding hydrogens is 140 g/mol. The average molecular weight is 153 g/mol. The second kappa shape index (κ2) is 4.59. The lowest BCUT2D eigenvalue weighted by molar-refractivity contribution is -0.0900. The van der Waals surface area contributed by atoms with Crippen LogP contribution >= 0.6 is 0 Å². The van der Waals surface area contributed by atoms with Crippen LogP contribution in [0.3, 0.4) is 0 Å². The smallest absolute Gasteiger partial charge is 0.110 e. The summed E-state index contributed by atoms with van der Waals surface area (Å²) in [4.78, 5) is 0. The van der Waals surface area contributed by atoms with E-state index in [1.165, 1.54) is 0 Å². The fraction of sp³-hybridized carbons (Fsp3) is 1.00. The monoisotopic (exact) mass is 153 g/mol. The Morgan fingerprint density at radius 3 is 1.90 bits per heavy atom. The summed E-state index contributed by atoms with van der Waals surface area (Å²) in [5, 5.41) is 42.9. The molecule has 62 valence electrons. The van der Waals surface area contributed by atoms with Crippen LogP contribution in [-0.2, 0) is 0 Å². The summed E-state index contributed by atoms with van der Waals surface area (Å²) in [6.45, 7) is -2.61. The first kappa shape index (κ1) is 7.90. The van der Waals surface area contributed by atoms with Crippen molar-refractivity contribution in [3.05, 3.63) is 0 Å². The molecule has 0 spiro atoms. The largest absolute Gasteiger partial charge is 0.394 e. The van der Waals surface area contributed by atoms with Gasteiger partial charge in [-0.05, 0) is 0 Å². The molecule has 10 heavy (non-hydrogen) atoms. The first-order chi connectivity index (χ1) is 5.00. The van der Waals surface area contributed by atoms with Gasteiger partial charge in [0.25, 0.3) is 0 Å². The van der Waals surface area contributed by atoms with Crippen LogP contribution in [0, 0.1) is 0 Å². The molecule has 0 amide bonds. The molecule has 0 rings (SSSR count). The highest BCUT2D eigenvalue weighted by Gasteiger charge is 2.22. The molecule has 0 saturated heterocycles. The number of aliphatic hydroxyl groups is 5. The van der Waals surface area contributed by atoms with E-state index in [9.17, 15) is 0 Å². The van der Waals surface area contributed by atoms with Gasteiger partial charge in [-0.1, -0.05) is 0 Å². The number of hydrogen-bond donors (Lipinski definition) is 5. The van der Waals surface area contributed by atoms with Gasteiger partial charge in [-0.2, -0.15) is 0 Å². The molecule has 0 heterocycles. The highest BCUT2D eigenvalue weighted by atomic mass is 16.4. The molecule has 0 bridgehead atoms. The summed E-state index contributed by atoms with van der Waals surface area (Å²) in [6, 6.07) is 0. The summed E-state index contributed by atoms with van der Waals surface area (Å²) in [5.74, 6) is 0. The summed E-state index contributed by atoms with van der Waals surface area (Å²) >= 11 is 0. The van der Waals surface area contributed by atoms with Crippen molar-refractivity contribution in [2.24, 2.45) is 0 Å². The van der Waals surface area contributed by atoms with Gasteiger partial charge in [0.1, 0.15) is 18.3 Å². The van der Waals surface area contributed by atoms with Crippen molar-refractivity contribution >= 4 is 0 Å². The third-order valence-corrected chi connectivity index (χ3v) is 1.08. The lowest BCUT2D eigenvalue weighted by atomic mass is 10.1. The van der Waals surface area contributed by atoms with Crippen molar-refractivity contribution in [2.75, 3.05) is 13.2 Å². The predicted molar refractivity (Wildman–Crippen MR) is 32.2 cm³/mol. The van der Waals surface area contributed by atoms with Gasteiger partial charge in [0.05, 0.1) is 14.6 Å². The van der Waals surface area contributed by atoms with Crippen LogP contribution in [0.1, 0.15) is 1.37 Å². The zero-order valence-corrected chi connectivity index (χ0v) is 5.25. The van der Waals surface area contributed by atoms with Gasteiger partial charge in [0, 0.05) is 0 Å². The molecule has 0 aliphatic heterocycles. The Kier molecular flexibility index (Phi) is 3.63. The Labute approximate surface area is 59.6 Å². The van der Waals surface area contributed by atoms with Crippen LogP contribution in [-0.4, -0.2) is 57.0 Å². The van der Waals surface area contributed by atoms with Gasteiger partial charge in [0.2, 0.25) is 0 Å². The first-order valence-electron chi connectivity index (χ1n) is 3.33. The minimum atomic E-state index is -1.88. The molecule has 0 fully saturated rings. The van der Waals surface area contributed by atoms with E-state index in [0.717, 1.165) is 0 Å². The summed E-state index contributed by atoms with van der Waals surface area (Å²) in [5.41, 5.74) is 0. The minimum absolute atomic E-state index is 0.731. The second-order valence-corrected chi connectivity index (χ2v) is 1.88. The molecule has 0 aromatic carbocycles. The van der Waals surface area contributed by atoms with E-state index < -0.39 is 31.5 Å². The van der Waals surface area contributed by atoms with Gasteiger partial charge in [0.15, 0.2) is 0 Å². The number of hydrogen-bond acceptors (Lipinski definition) is 5. The zero-order chi connectivity index (χ0) is 9.02. The summed E-state index contributed by atoms with van der Waals surface area (Å²) < 4.78 is 6.54. The quantitative estimate of drug-likeness (QED) is 0.297. The molecule has 0 aliphatic carbocycles. The zero-order valence-electron chi connectivity index (χ0n) is 6.25. The number of aliphatic hydroxyl groups excluding tert-OH is 5. The van der Waals surface area contributed by atoms with Crippen molar-refractivity contribution in [1.29, 1.82) is 0 Å². The fourth-order valence-corrected chi connectivity index (χ4v) is 0.424. The van der Waals surface area contributed by atoms with Crippen LogP contribution in [0.15, 0.2) is 0 Å². The van der Waals surface area contributed by atoms with Crippen LogP contribution < -0.4 is 0 Å². The average Bonchev–Trinajstić information content (AvgIpc) is 2.00. The molecule has 0 aromatic rings. The van der Waals surface area contributed by atoms with Crippen LogP contribution in [0.25, 0.3) is 0 Å². The maximum Gasteiger partial charge on any atom is 0.110 e. The van der Waals surface area contributed by atoms with E-state index in [1.807, 2.05) is 0 Å². The Morgan fingerprint density at radius 1 is 1.10 bits per heavy atom.